The topological polar surface area (TPSA) is 35.5 Å². The highest BCUT2D eigenvalue weighted by atomic mass is 35.5. The van der Waals surface area contributed by atoms with Crippen LogP contribution in [0.4, 0.5) is 0 Å². The third-order valence-electron chi connectivity index (χ3n) is 2.47. The van der Waals surface area contributed by atoms with Crippen LogP contribution in [0.25, 0.3) is 0 Å². The highest BCUT2D eigenvalue weighted by molar-refractivity contribution is 6.30. The van der Waals surface area contributed by atoms with Gasteiger partial charge in [0, 0.05) is 11.1 Å². The number of benzene rings is 2. The van der Waals surface area contributed by atoms with Gasteiger partial charge >= 0.3 is 0 Å². The standard InChI is InChI=1S/C15H13ClO3/c1-2-18-13-5-7-14(8-6-13)19-15-9-12(16)4-3-11(15)10-17/h3-10H,2H2,1H3. The zero-order valence-corrected chi connectivity index (χ0v) is 11.2. The Labute approximate surface area is 116 Å². The van der Waals surface area contributed by atoms with Gasteiger partial charge in [0.15, 0.2) is 6.29 Å². The van der Waals surface area contributed by atoms with Crippen molar-refractivity contribution in [2.45, 2.75) is 6.92 Å². The van der Waals surface area contributed by atoms with Crippen molar-refractivity contribution in [3.05, 3.63) is 53.1 Å². The Morgan fingerprint density at radius 3 is 2.42 bits per heavy atom. The number of halogens is 1. The molecule has 0 aliphatic rings. The van der Waals surface area contributed by atoms with E-state index in [4.69, 9.17) is 21.1 Å². The fourth-order valence-corrected chi connectivity index (χ4v) is 1.75. The molecule has 3 nitrogen and oxygen atoms in total. The second-order valence-corrected chi connectivity index (χ2v) is 4.24. The molecule has 0 unspecified atom stereocenters. The Morgan fingerprint density at radius 2 is 1.79 bits per heavy atom. The van der Waals surface area contributed by atoms with Gasteiger partial charge in [0.25, 0.3) is 0 Å². The van der Waals surface area contributed by atoms with Crippen LogP contribution in [-0.2, 0) is 0 Å². The van der Waals surface area contributed by atoms with Crippen molar-refractivity contribution < 1.29 is 14.3 Å². The first-order valence-electron chi connectivity index (χ1n) is 5.88. The minimum atomic E-state index is 0.437. The fourth-order valence-electron chi connectivity index (χ4n) is 1.59. The number of aldehydes is 1. The molecule has 2 aromatic carbocycles. The monoisotopic (exact) mass is 276 g/mol. The summed E-state index contributed by atoms with van der Waals surface area (Å²) in [6, 6.07) is 12.1. The molecule has 0 fully saturated rings. The third kappa shape index (κ3) is 3.48. The molecule has 2 aromatic rings. The summed E-state index contributed by atoms with van der Waals surface area (Å²) < 4.78 is 11.0. The zero-order valence-electron chi connectivity index (χ0n) is 10.4. The van der Waals surface area contributed by atoms with E-state index in [0.29, 0.717) is 28.7 Å². The lowest BCUT2D eigenvalue weighted by Gasteiger charge is -2.09. The molecule has 0 saturated heterocycles. The molecule has 0 aliphatic heterocycles. The highest BCUT2D eigenvalue weighted by Crippen LogP contribution is 2.28. The smallest absolute Gasteiger partial charge is 0.153 e. The van der Waals surface area contributed by atoms with Crippen molar-refractivity contribution >= 4 is 17.9 Å². The van der Waals surface area contributed by atoms with E-state index < -0.39 is 0 Å². The molecule has 0 aliphatic carbocycles. The van der Waals surface area contributed by atoms with Crippen LogP contribution in [-0.4, -0.2) is 12.9 Å². The molecule has 0 saturated carbocycles. The lowest BCUT2D eigenvalue weighted by atomic mass is 10.2. The van der Waals surface area contributed by atoms with Crippen LogP contribution in [0.1, 0.15) is 17.3 Å². The van der Waals surface area contributed by atoms with E-state index in [-0.39, 0.29) is 0 Å². The van der Waals surface area contributed by atoms with Crippen molar-refractivity contribution in [2.75, 3.05) is 6.61 Å². The summed E-state index contributed by atoms with van der Waals surface area (Å²) in [5.41, 5.74) is 0.457. The number of rotatable bonds is 5. The van der Waals surface area contributed by atoms with Gasteiger partial charge in [-0.2, -0.15) is 0 Å². The van der Waals surface area contributed by atoms with Crippen LogP contribution in [0.3, 0.4) is 0 Å². The third-order valence-corrected chi connectivity index (χ3v) is 2.70. The van der Waals surface area contributed by atoms with Gasteiger partial charge in [-0.1, -0.05) is 11.6 Å². The van der Waals surface area contributed by atoms with Gasteiger partial charge in [-0.15, -0.1) is 0 Å². The van der Waals surface area contributed by atoms with Crippen molar-refractivity contribution in [1.82, 2.24) is 0 Å². The van der Waals surface area contributed by atoms with E-state index >= 15 is 0 Å². The van der Waals surface area contributed by atoms with E-state index in [1.54, 1.807) is 30.3 Å². The molecule has 2 rings (SSSR count). The van der Waals surface area contributed by atoms with Crippen molar-refractivity contribution in [1.29, 1.82) is 0 Å². The summed E-state index contributed by atoms with van der Waals surface area (Å²) in [5.74, 6) is 1.83. The molecule has 19 heavy (non-hydrogen) atoms. The number of hydrogen-bond acceptors (Lipinski definition) is 3. The summed E-state index contributed by atoms with van der Waals surface area (Å²) in [6.07, 6.45) is 0.736. The van der Waals surface area contributed by atoms with E-state index in [1.165, 1.54) is 0 Å². The Morgan fingerprint density at radius 1 is 1.11 bits per heavy atom. The average Bonchev–Trinajstić information content (AvgIpc) is 2.42. The van der Waals surface area contributed by atoms with Crippen LogP contribution >= 0.6 is 11.6 Å². The molecule has 0 amide bonds. The van der Waals surface area contributed by atoms with E-state index in [9.17, 15) is 4.79 Å². The molecule has 0 aromatic heterocycles. The predicted molar refractivity (Wildman–Crippen MR) is 74.5 cm³/mol. The first kappa shape index (κ1) is 13.4. The molecule has 0 atom stereocenters. The quantitative estimate of drug-likeness (QED) is 0.762. The lowest BCUT2D eigenvalue weighted by Crippen LogP contribution is -1.92. The van der Waals surface area contributed by atoms with Crippen molar-refractivity contribution in [3.63, 3.8) is 0 Å². The van der Waals surface area contributed by atoms with Gasteiger partial charge in [0.05, 0.1) is 12.2 Å². The average molecular weight is 277 g/mol. The second-order valence-electron chi connectivity index (χ2n) is 3.81. The maximum absolute atomic E-state index is 10.9. The van der Waals surface area contributed by atoms with Crippen LogP contribution in [0, 0.1) is 0 Å². The molecule has 0 N–H and O–H groups in total. The fraction of sp³-hybridized carbons (Fsp3) is 0.133. The second kappa shape index (κ2) is 6.25. The SMILES string of the molecule is CCOc1ccc(Oc2cc(Cl)ccc2C=O)cc1. The first-order valence-corrected chi connectivity index (χ1v) is 6.26. The molecular formula is C15H13ClO3. The molecule has 0 radical (unpaired) electrons. The van der Waals surface area contributed by atoms with Crippen molar-refractivity contribution in [3.8, 4) is 17.2 Å². The molecule has 0 heterocycles. The summed E-state index contributed by atoms with van der Waals surface area (Å²) in [4.78, 5) is 10.9. The van der Waals surface area contributed by atoms with E-state index in [0.717, 1.165) is 12.0 Å². The maximum Gasteiger partial charge on any atom is 0.153 e. The Bertz CT molecular complexity index is 564. The predicted octanol–water partition coefficient (Wildman–Crippen LogP) is 4.34. The van der Waals surface area contributed by atoms with Gasteiger partial charge in [-0.25, -0.2) is 0 Å². The molecule has 4 heteroatoms. The minimum Gasteiger partial charge on any atom is -0.494 e. The lowest BCUT2D eigenvalue weighted by molar-refractivity contribution is 0.112. The Balaban J connectivity index is 2.20. The molecule has 0 bridgehead atoms. The summed E-state index contributed by atoms with van der Waals surface area (Å²) in [6.45, 7) is 2.54. The summed E-state index contributed by atoms with van der Waals surface area (Å²) in [7, 11) is 0. The van der Waals surface area contributed by atoms with Gasteiger partial charge in [-0.3, -0.25) is 4.79 Å². The van der Waals surface area contributed by atoms with E-state index in [2.05, 4.69) is 0 Å². The van der Waals surface area contributed by atoms with Crippen LogP contribution < -0.4 is 9.47 Å². The number of carbonyl (C=O) groups is 1. The maximum atomic E-state index is 10.9. The molecular weight excluding hydrogens is 264 g/mol. The summed E-state index contributed by atoms with van der Waals surface area (Å²) >= 11 is 5.89. The Hall–Kier alpha value is -2.00. The molecule has 98 valence electrons. The van der Waals surface area contributed by atoms with E-state index in [1.807, 2.05) is 19.1 Å². The van der Waals surface area contributed by atoms with Crippen LogP contribution in [0.5, 0.6) is 17.2 Å². The largest absolute Gasteiger partial charge is 0.494 e. The number of ether oxygens (including phenoxy) is 2. The van der Waals surface area contributed by atoms with Crippen LogP contribution in [0.15, 0.2) is 42.5 Å². The highest BCUT2D eigenvalue weighted by Gasteiger charge is 2.05. The number of carbonyl (C=O) groups excluding carboxylic acids is 1. The number of hydrogen-bond donors (Lipinski definition) is 0. The van der Waals surface area contributed by atoms with Crippen molar-refractivity contribution in [2.24, 2.45) is 0 Å². The van der Waals surface area contributed by atoms with Gasteiger partial charge in [-0.05, 0) is 43.3 Å². The van der Waals surface area contributed by atoms with Gasteiger partial charge < -0.3 is 9.47 Å². The molecule has 0 spiro atoms. The summed E-state index contributed by atoms with van der Waals surface area (Å²) in [5, 5.41) is 0.520. The first-order chi connectivity index (χ1) is 9.22. The zero-order chi connectivity index (χ0) is 13.7. The van der Waals surface area contributed by atoms with Crippen LogP contribution in [0.2, 0.25) is 5.02 Å². The minimum absolute atomic E-state index is 0.437. The van der Waals surface area contributed by atoms with Gasteiger partial charge in [0.2, 0.25) is 0 Å². The normalized spacial score (nSPS) is 10.0. The Kier molecular flexibility index (Phi) is 4.42. The van der Waals surface area contributed by atoms with Gasteiger partial charge in [0.1, 0.15) is 17.2 Å².